The molecule has 3 rings (SSSR count). The molecule has 1 fully saturated rings. The molecule has 2 aromatic rings. The van der Waals surface area contributed by atoms with Crippen molar-refractivity contribution in [2.45, 2.75) is 6.54 Å². The predicted molar refractivity (Wildman–Crippen MR) is 105 cm³/mol. The molecule has 0 aliphatic carbocycles. The Labute approximate surface area is 155 Å². The third kappa shape index (κ3) is 4.35. The van der Waals surface area contributed by atoms with E-state index in [1.165, 1.54) is 11.3 Å². The topological polar surface area (TPSA) is 36.0 Å². The van der Waals surface area contributed by atoms with Crippen LogP contribution in [0.5, 0.6) is 5.75 Å². The highest BCUT2D eigenvalue weighted by atomic mass is 16.5. The Hall–Kier alpha value is -2.53. The zero-order valence-electron chi connectivity index (χ0n) is 15.8. The molecule has 0 atom stereocenters. The van der Waals surface area contributed by atoms with Gasteiger partial charge in [-0.05, 0) is 50.0 Å². The lowest BCUT2D eigenvalue weighted by Gasteiger charge is -2.36. The molecule has 5 heteroatoms. The van der Waals surface area contributed by atoms with Gasteiger partial charge in [-0.1, -0.05) is 18.2 Å². The summed E-state index contributed by atoms with van der Waals surface area (Å²) in [6, 6.07) is 16.0. The molecule has 1 heterocycles. The monoisotopic (exact) mass is 353 g/mol. The Kier molecular flexibility index (Phi) is 5.78. The molecular formula is C21H27N3O2. The molecule has 0 unspecified atom stereocenters. The third-order valence-electron chi connectivity index (χ3n) is 4.66. The van der Waals surface area contributed by atoms with E-state index < -0.39 is 0 Å². The molecule has 2 aromatic carbocycles. The normalized spacial score (nSPS) is 14.6. The first-order chi connectivity index (χ1) is 12.6. The van der Waals surface area contributed by atoms with Crippen LogP contribution in [0.1, 0.15) is 15.9 Å². The van der Waals surface area contributed by atoms with Crippen LogP contribution in [-0.2, 0) is 6.54 Å². The van der Waals surface area contributed by atoms with Gasteiger partial charge in [0.15, 0.2) is 0 Å². The molecule has 0 bridgehead atoms. The van der Waals surface area contributed by atoms with Crippen LogP contribution in [0.4, 0.5) is 5.69 Å². The Morgan fingerprint density at radius 2 is 1.77 bits per heavy atom. The lowest BCUT2D eigenvalue weighted by atomic mass is 10.1. The van der Waals surface area contributed by atoms with Crippen molar-refractivity contribution in [3.63, 3.8) is 0 Å². The van der Waals surface area contributed by atoms with Crippen LogP contribution in [0.3, 0.4) is 0 Å². The largest absolute Gasteiger partial charge is 0.497 e. The second-order valence-electron chi connectivity index (χ2n) is 6.92. The highest BCUT2D eigenvalue weighted by Gasteiger charge is 2.22. The van der Waals surface area contributed by atoms with Gasteiger partial charge >= 0.3 is 0 Å². The summed E-state index contributed by atoms with van der Waals surface area (Å²) in [5.74, 6) is 0.789. The number of methoxy groups -OCH3 is 1. The number of rotatable bonds is 5. The minimum absolute atomic E-state index is 0.0740. The van der Waals surface area contributed by atoms with Crippen molar-refractivity contribution in [1.29, 1.82) is 0 Å². The van der Waals surface area contributed by atoms with E-state index in [2.05, 4.69) is 48.2 Å². The molecule has 0 saturated carbocycles. The van der Waals surface area contributed by atoms with E-state index in [-0.39, 0.29) is 5.91 Å². The zero-order valence-corrected chi connectivity index (χ0v) is 15.8. The SMILES string of the molecule is COc1cccc(C(=O)N2CCN(c3cccc(CN(C)C)c3)CC2)c1. The number of carbonyl (C=O) groups is 1. The number of ether oxygens (including phenoxy) is 1. The Morgan fingerprint density at radius 3 is 2.46 bits per heavy atom. The molecule has 0 N–H and O–H groups in total. The van der Waals surface area contributed by atoms with Gasteiger partial charge in [0.2, 0.25) is 0 Å². The van der Waals surface area contributed by atoms with Crippen molar-refractivity contribution in [3.8, 4) is 5.75 Å². The van der Waals surface area contributed by atoms with Gasteiger partial charge in [-0.25, -0.2) is 0 Å². The molecule has 0 spiro atoms. The van der Waals surface area contributed by atoms with Crippen LogP contribution in [-0.4, -0.2) is 63.1 Å². The molecule has 26 heavy (non-hydrogen) atoms. The van der Waals surface area contributed by atoms with E-state index >= 15 is 0 Å². The molecule has 138 valence electrons. The van der Waals surface area contributed by atoms with E-state index in [1.54, 1.807) is 13.2 Å². The fourth-order valence-electron chi connectivity index (χ4n) is 3.32. The van der Waals surface area contributed by atoms with E-state index in [4.69, 9.17) is 4.74 Å². The molecule has 1 aliphatic rings. The fourth-order valence-corrected chi connectivity index (χ4v) is 3.32. The summed E-state index contributed by atoms with van der Waals surface area (Å²) >= 11 is 0. The van der Waals surface area contributed by atoms with Gasteiger partial charge in [-0.2, -0.15) is 0 Å². The van der Waals surface area contributed by atoms with Gasteiger partial charge in [-0.15, -0.1) is 0 Å². The summed E-state index contributed by atoms with van der Waals surface area (Å²) in [4.78, 5) is 19.2. The Bertz CT molecular complexity index is 752. The quantitative estimate of drug-likeness (QED) is 0.828. The van der Waals surface area contributed by atoms with Gasteiger partial charge in [0.25, 0.3) is 5.91 Å². The summed E-state index contributed by atoms with van der Waals surface area (Å²) in [5, 5.41) is 0. The average Bonchev–Trinajstić information content (AvgIpc) is 2.67. The third-order valence-corrected chi connectivity index (χ3v) is 4.66. The molecule has 1 aliphatic heterocycles. The van der Waals surface area contributed by atoms with Gasteiger partial charge in [0.05, 0.1) is 7.11 Å². The summed E-state index contributed by atoms with van der Waals surface area (Å²) in [7, 11) is 5.78. The number of carbonyl (C=O) groups excluding carboxylic acids is 1. The first kappa shape index (κ1) is 18.3. The van der Waals surface area contributed by atoms with Crippen molar-refractivity contribution < 1.29 is 9.53 Å². The number of piperazine rings is 1. The number of hydrogen-bond acceptors (Lipinski definition) is 4. The predicted octanol–water partition coefficient (Wildman–Crippen LogP) is 2.72. The van der Waals surface area contributed by atoms with Gasteiger partial charge < -0.3 is 19.4 Å². The number of amides is 1. The molecule has 0 radical (unpaired) electrons. The van der Waals surface area contributed by atoms with Crippen molar-refractivity contribution in [2.24, 2.45) is 0 Å². The summed E-state index contributed by atoms with van der Waals surface area (Å²) < 4.78 is 5.22. The molecule has 1 amide bonds. The average molecular weight is 353 g/mol. The van der Waals surface area contributed by atoms with Crippen LogP contribution >= 0.6 is 0 Å². The lowest BCUT2D eigenvalue weighted by molar-refractivity contribution is 0.0746. The molecule has 1 saturated heterocycles. The second kappa shape index (κ2) is 8.23. The molecule has 0 aromatic heterocycles. The van der Waals surface area contributed by atoms with Crippen molar-refractivity contribution in [1.82, 2.24) is 9.80 Å². The molecule has 5 nitrogen and oxygen atoms in total. The van der Waals surface area contributed by atoms with Gasteiger partial charge in [0.1, 0.15) is 5.75 Å². The Balaban J connectivity index is 1.63. The maximum atomic E-state index is 12.7. The van der Waals surface area contributed by atoms with Crippen LogP contribution in [0.2, 0.25) is 0 Å². The fraction of sp³-hybridized carbons (Fsp3) is 0.381. The van der Waals surface area contributed by atoms with Crippen LogP contribution in [0.15, 0.2) is 48.5 Å². The number of benzene rings is 2. The van der Waals surface area contributed by atoms with Crippen LogP contribution in [0, 0.1) is 0 Å². The minimum Gasteiger partial charge on any atom is -0.497 e. The van der Waals surface area contributed by atoms with Crippen molar-refractivity contribution in [2.75, 3.05) is 52.3 Å². The summed E-state index contributed by atoms with van der Waals surface area (Å²) in [6.45, 7) is 4.09. The number of hydrogen-bond donors (Lipinski definition) is 0. The van der Waals surface area contributed by atoms with E-state index in [1.807, 2.05) is 23.1 Å². The zero-order chi connectivity index (χ0) is 18.5. The maximum Gasteiger partial charge on any atom is 0.254 e. The highest BCUT2D eigenvalue weighted by Crippen LogP contribution is 2.20. The minimum atomic E-state index is 0.0740. The first-order valence-electron chi connectivity index (χ1n) is 8.99. The van der Waals surface area contributed by atoms with E-state index in [9.17, 15) is 4.79 Å². The highest BCUT2D eigenvalue weighted by molar-refractivity contribution is 5.94. The van der Waals surface area contributed by atoms with Gasteiger partial charge in [-0.3, -0.25) is 4.79 Å². The molecular weight excluding hydrogens is 326 g/mol. The smallest absolute Gasteiger partial charge is 0.254 e. The summed E-state index contributed by atoms with van der Waals surface area (Å²) in [5.41, 5.74) is 3.23. The lowest BCUT2D eigenvalue weighted by Crippen LogP contribution is -2.48. The van der Waals surface area contributed by atoms with Crippen LogP contribution in [0.25, 0.3) is 0 Å². The summed E-state index contributed by atoms with van der Waals surface area (Å²) in [6.07, 6.45) is 0. The number of nitrogens with zero attached hydrogens (tertiary/aromatic N) is 3. The van der Waals surface area contributed by atoms with E-state index in [0.29, 0.717) is 11.3 Å². The first-order valence-corrected chi connectivity index (χ1v) is 8.99. The second-order valence-corrected chi connectivity index (χ2v) is 6.92. The van der Waals surface area contributed by atoms with Crippen molar-refractivity contribution >= 4 is 11.6 Å². The van der Waals surface area contributed by atoms with Crippen LogP contribution < -0.4 is 9.64 Å². The van der Waals surface area contributed by atoms with Gasteiger partial charge in [0, 0.05) is 44.0 Å². The standard InChI is InChI=1S/C21H27N3O2/c1-22(2)16-17-6-4-8-19(14-17)23-10-12-24(13-11-23)21(25)18-7-5-9-20(15-18)26-3/h4-9,14-15H,10-13,16H2,1-3H3. The maximum absolute atomic E-state index is 12.7. The van der Waals surface area contributed by atoms with Crippen molar-refractivity contribution in [3.05, 3.63) is 59.7 Å². The Morgan fingerprint density at radius 1 is 1.04 bits per heavy atom. The number of anilines is 1. The van der Waals surface area contributed by atoms with E-state index in [0.717, 1.165) is 32.7 Å².